The lowest BCUT2D eigenvalue weighted by molar-refractivity contribution is 0.0827. The van der Waals surface area contributed by atoms with E-state index < -0.39 is 0 Å². The van der Waals surface area contributed by atoms with Crippen LogP contribution in [0.5, 0.6) is 0 Å². The Kier molecular flexibility index (Phi) is 6.17. The number of nitrogens with zero attached hydrogens (tertiary/aromatic N) is 3. The van der Waals surface area contributed by atoms with Gasteiger partial charge < -0.3 is 15.5 Å². The van der Waals surface area contributed by atoms with Gasteiger partial charge in [0.15, 0.2) is 11.6 Å². The fourth-order valence-electron chi connectivity index (χ4n) is 3.07. The number of carbonyl (C=O) groups excluding carboxylic acids is 1. The molecule has 0 bridgehead atoms. The highest BCUT2D eigenvalue weighted by Crippen LogP contribution is 2.37. The van der Waals surface area contributed by atoms with Crippen molar-refractivity contribution < 1.29 is 4.79 Å². The van der Waals surface area contributed by atoms with Crippen LogP contribution < -0.4 is 10.6 Å². The van der Waals surface area contributed by atoms with Gasteiger partial charge in [-0.1, -0.05) is 57.2 Å². The van der Waals surface area contributed by atoms with Crippen molar-refractivity contribution in [3.8, 4) is 0 Å². The first kappa shape index (κ1) is 20.8. The third kappa shape index (κ3) is 5.12. The predicted molar refractivity (Wildman–Crippen MR) is 120 cm³/mol. The summed E-state index contributed by atoms with van der Waals surface area (Å²) < 4.78 is 8.87. The number of aromatic nitrogens is 2. The van der Waals surface area contributed by atoms with E-state index in [9.17, 15) is 4.79 Å². The zero-order valence-corrected chi connectivity index (χ0v) is 18.2. The summed E-state index contributed by atoms with van der Waals surface area (Å²) in [7, 11) is 3.48. The number of carbonyl (C=O) groups is 1. The normalized spacial score (nSPS) is 12.3. The molecule has 0 saturated heterocycles. The van der Waals surface area contributed by atoms with E-state index in [1.165, 1.54) is 5.56 Å². The minimum Gasteiger partial charge on any atom is -0.359 e. The predicted octanol–water partition coefficient (Wildman–Crippen LogP) is 5.18. The SMILES string of the molecule is CN(C)C(=O)c1cccc(Nc2nsnc2N[C@@H](c2ccccc2)C(C)(C)C)c1. The Balaban J connectivity index is 1.84. The lowest BCUT2D eigenvalue weighted by Gasteiger charge is -2.32. The Bertz CT molecular complexity index is 963. The van der Waals surface area contributed by atoms with Gasteiger partial charge in [0.05, 0.1) is 17.8 Å². The second kappa shape index (κ2) is 8.61. The van der Waals surface area contributed by atoms with Gasteiger partial charge in [0.2, 0.25) is 0 Å². The number of nitrogens with one attached hydrogen (secondary N) is 2. The summed E-state index contributed by atoms with van der Waals surface area (Å²) >= 11 is 1.15. The Morgan fingerprint density at radius 1 is 1.00 bits per heavy atom. The van der Waals surface area contributed by atoms with E-state index in [1.54, 1.807) is 25.1 Å². The number of anilines is 3. The maximum absolute atomic E-state index is 12.2. The molecular weight excluding hydrogens is 382 g/mol. The second-order valence-electron chi connectivity index (χ2n) is 8.22. The smallest absolute Gasteiger partial charge is 0.253 e. The van der Waals surface area contributed by atoms with E-state index >= 15 is 0 Å². The summed E-state index contributed by atoms with van der Waals surface area (Å²) in [6.45, 7) is 6.59. The van der Waals surface area contributed by atoms with Crippen molar-refractivity contribution in [2.45, 2.75) is 26.8 Å². The second-order valence-corrected chi connectivity index (χ2v) is 8.75. The minimum absolute atomic E-state index is 0.0275. The molecule has 3 rings (SSSR count). The van der Waals surface area contributed by atoms with E-state index in [0.717, 1.165) is 17.4 Å². The summed E-state index contributed by atoms with van der Waals surface area (Å²) in [5, 5.41) is 6.86. The zero-order chi connectivity index (χ0) is 21.0. The molecule has 0 aliphatic heterocycles. The molecule has 2 N–H and O–H groups in total. The molecule has 0 fully saturated rings. The Hall–Kier alpha value is -2.93. The molecule has 6 nitrogen and oxygen atoms in total. The molecule has 1 amide bonds. The summed E-state index contributed by atoms with van der Waals surface area (Å²) in [5.41, 5.74) is 2.58. The van der Waals surface area contributed by atoms with Crippen LogP contribution in [0.15, 0.2) is 54.6 Å². The fraction of sp³-hybridized carbons (Fsp3) is 0.318. The van der Waals surface area contributed by atoms with E-state index in [2.05, 4.69) is 52.3 Å². The van der Waals surface area contributed by atoms with Crippen molar-refractivity contribution in [1.29, 1.82) is 0 Å². The van der Waals surface area contributed by atoms with E-state index in [0.29, 0.717) is 17.2 Å². The molecule has 152 valence electrons. The topological polar surface area (TPSA) is 70.2 Å². The standard InChI is InChI=1S/C22H27N5OS/c1-22(2,3)18(15-10-7-6-8-11-15)24-20-19(25-29-26-20)23-17-13-9-12-16(14-17)21(28)27(4)5/h6-14,18H,1-5H3,(H,23,25)(H,24,26)/t18-/m0/s1. The molecule has 0 radical (unpaired) electrons. The molecular formula is C22H27N5OS. The molecule has 7 heteroatoms. The van der Waals surface area contributed by atoms with Crippen LogP contribution in [0.1, 0.15) is 42.7 Å². The molecule has 1 atom stereocenters. The van der Waals surface area contributed by atoms with Crippen molar-refractivity contribution in [2.24, 2.45) is 5.41 Å². The van der Waals surface area contributed by atoms with Gasteiger partial charge in [-0.2, -0.15) is 8.75 Å². The van der Waals surface area contributed by atoms with Gasteiger partial charge in [0.1, 0.15) is 0 Å². The van der Waals surface area contributed by atoms with Crippen LogP contribution in [0.4, 0.5) is 17.3 Å². The average Bonchev–Trinajstić information content (AvgIpc) is 3.12. The summed E-state index contributed by atoms with van der Waals surface area (Å²) in [6.07, 6.45) is 0. The Labute approximate surface area is 176 Å². The van der Waals surface area contributed by atoms with Gasteiger partial charge in [-0.05, 0) is 29.2 Å². The number of amides is 1. The quantitative estimate of drug-likeness (QED) is 0.587. The first-order chi connectivity index (χ1) is 13.8. The Morgan fingerprint density at radius 3 is 2.34 bits per heavy atom. The molecule has 0 spiro atoms. The van der Waals surface area contributed by atoms with Gasteiger partial charge in [-0.3, -0.25) is 4.79 Å². The van der Waals surface area contributed by atoms with Gasteiger partial charge in [0.25, 0.3) is 5.91 Å². The van der Waals surface area contributed by atoms with Crippen LogP contribution in [0.25, 0.3) is 0 Å². The number of benzene rings is 2. The van der Waals surface area contributed by atoms with Crippen LogP contribution in [0, 0.1) is 5.41 Å². The number of hydrogen-bond acceptors (Lipinski definition) is 6. The third-order valence-electron chi connectivity index (χ3n) is 4.55. The van der Waals surface area contributed by atoms with Crippen molar-refractivity contribution in [2.75, 3.05) is 24.7 Å². The van der Waals surface area contributed by atoms with E-state index in [4.69, 9.17) is 0 Å². The maximum Gasteiger partial charge on any atom is 0.253 e. The van der Waals surface area contributed by atoms with Crippen LogP contribution in [-0.4, -0.2) is 33.6 Å². The van der Waals surface area contributed by atoms with Gasteiger partial charge in [-0.25, -0.2) is 0 Å². The third-order valence-corrected chi connectivity index (χ3v) is 5.08. The molecule has 0 saturated carbocycles. The first-order valence-electron chi connectivity index (χ1n) is 9.48. The van der Waals surface area contributed by atoms with Gasteiger partial charge >= 0.3 is 0 Å². The molecule has 0 unspecified atom stereocenters. The summed E-state index contributed by atoms with van der Waals surface area (Å²) in [5.74, 6) is 1.30. The molecule has 0 aliphatic rings. The molecule has 3 aromatic rings. The van der Waals surface area contributed by atoms with Gasteiger partial charge in [0, 0.05) is 25.3 Å². The van der Waals surface area contributed by atoms with Crippen molar-refractivity contribution in [1.82, 2.24) is 13.6 Å². The van der Waals surface area contributed by atoms with Crippen LogP contribution >= 0.6 is 11.7 Å². The highest BCUT2D eigenvalue weighted by Gasteiger charge is 2.28. The highest BCUT2D eigenvalue weighted by atomic mass is 32.1. The lowest BCUT2D eigenvalue weighted by Crippen LogP contribution is -2.26. The molecule has 1 aromatic heterocycles. The first-order valence-corrected chi connectivity index (χ1v) is 10.2. The highest BCUT2D eigenvalue weighted by molar-refractivity contribution is 6.99. The van der Waals surface area contributed by atoms with Gasteiger partial charge in [-0.15, -0.1) is 0 Å². The van der Waals surface area contributed by atoms with E-state index in [-0.39, 0.29) is 17.4 Å². The monoisotopic (exact) mass is 409 g/mol. The van der Waals surface area contributed by atoms with Crippen LogP contribution in [0.3, 0.4) is 0 Å². The van der Waals surface area contributed by atoms with E-state index in [1.807, 2.05) is 36.4 Å². The van der Waals surface area contributed by atoms with Crippen LogP contribution in [-0.2, 0) is 0 Å². The Morgan fingerprint density at radius 2 is 1.69 bits per heavy atom. The zero-order valence-electron chi connectivity index (χ0n) is 17.4. The lowest BCUT2D eigenvalue weighted by atomic mass is 9.82. The van der Waals surface area contributed by atoms with Crippen molar-refractivity contribution in [3.05, 3.63) is 65.7 Å². The summed E-state index contributed by atoms with van der Waals surface area (Å²) in [6, 6.07) is 17.8. The number of hydrogen-bond donors (Lipinski definition) is 2. The van der Waals surface area contributed by atoms with Crippen molar-refractivity contribution >= 4 is 35.0 Å². The molecule has 29 heavy (non-hydrogen) atoms. The molecule has 1 heterocycles. The van der Waals surface area contributed by atoms with Crippen LogP contribution in [0.2, 0.25) is 0 Å². The fourth-order valence-corrected chi connectivity index (χ4v) is 3.55. The average molecular weight is 410 g/mol. The summed E-state index contributed by atoms with van der Waals surface area (Å²) in [4.78, 5) is 13.8. The largest absolute Gasteiger partial charge is 0.359 e. The molecule has 0 aliphatic carbocycles. The molecule has 2 aromatic carbocycles. The minimum atomic E-state index is -0.0414. The van der Waals surface area contributed by atoms with Crippen molar-refractivity contribution in [3.63, 3.8) is 0 Å². The number of rotatable bonds is 6. The maximum atomic E-state index is 12.2.